The number of fused-ring (bicyclic) bond motifs is 4. The summed E-state index contributed by atoms with van der Waals surface area (Å²) < 4.78 is 27.6. The fourth-order valence-electron chi connectivity index (χ4n) is 4.94. The quantitative estimate of drug-likeness (QED) is 0.534. The van der Waals surface area contributed by atoms with Gasteiger partial charge in [-0.1, -0.05) is 0 Å². The number of H-pyrrole nitrogens is 2. The van der Waals surface area contributed by atoms with E-state index in [2.05, 4.69) is 24.8 Å². The molecular formula is C21H18F2N6O. The van der Waals surface area contributed by atoms with Crippen molar-refractivity contribution in [3.05, 3.63) is 54.1 Å². The van der Waals surface area contributed by atoms with Gasteiger partial charge in [-0.3, -0.25) is 4.79 Å². The molecule has 0 aliphatic carbocycles. The zero-order valence-electron chi connectivity index (χ0n) is 15.9. The normalized spacial score (nSPS) is 21.1. The van der Waals surface area contributed by atoms with Crippen LogP contribution in [0, 0.1) is 11.6 Å². The van der Waals surface area contributed by atoms with Crippen LogP contribution in [0.25, 0.3) is 21.9 Å². The molecule has 4 aromatic rings. The number of aromatic nitrogens is 4. The zero-order valence-corrected chi connectivity index (χ0v) is 15.9. The third kappa shape index (κ3) is 2.51. The highest BCUT2D eigenvalue weighted by Gasteiger charge is 2.43. The second kappa shape index (κ2) is 6.25. The first kappa shape index (κ1) is 17.4. The SMILES string of the molecule is O=C(c1cc2cc(F)cc(F)c2[nH]1)N1C2CCC1CN(c1ncnc3[nH]ccc13)C2. The van der Waals surface area contributed by atoms with Gasteiger partial charge in [-0.2, -0.15) is 0 Å². The first-order chi connectivity index (χ1) is 14.6. The Kier molecular flexibility index (Phi) is 3.62. The second-order valence-electron chi connectivity index (χ2n) is 7.97. The number of aromatic amines is 2. The number of nitrogens with zero attached hydrogens (tertiary/aromatic N) is 4. The van der Waals surface area contributed by atoms with Gasteiger partial charge < -0.3 is 19.8 Å². The van der Waals surface area contributed by atoms with Crippen LogP contribution in [0.1, 0.15) is 23.3 Å². The van der Waals surface area contributed by atoms with E-state index in [0.717, 1.165) is 35.8 Å². The Morgan fingerprint density at radius 1 is 1.10 bits per heavy atom. The summed E-state index contributed by atoms with van der Waals surface area (Å²) in [6.45, 7) is 1.34. The highest BCUT2D eigenvalue weighted by atomic mass is 19.1. The molecule has 7 nitrogen and oxygen atoms in total. The lowest BCUT2D eigenvalue weighted by Gasteiger charge is -2.41. The maximum Gasteiger partial charge on any atom is 0.270 e. The number of rotatable bonds is 2. The van der Waals surface area contributed by atoms with Gasteiger partial charge in [0.1, 0.15) is 35.1 Å². The first-order valence-electron chi connectivity index (χ1n) is 9.92. The van der Waals surface area contributed by atoms with Crippen molar-refractivity contribution >= 4 is 33.7 Å². The Morgan fingerprint density at radius 3 is 2.70 bits per heavy atom. The predicted molar refractivity (Wildman–Crippen MR) is 107 cm³/mol. The van der Waals surface area contributed by atoms with E-state index in [1.165, 1.54) is 12.1 Å². The lowest BCUT2D eigenvalue weighted by Crippen LogP contribution is -2.56. The lowest BCUT2D eigenvalue weighted by molar-refractivity contribution is 0.0636. The fourth-order valence-corrected chi connectivity index (χ4v) is 4.94. The highest BCUT2D eigenvalue weighted by Crippen LogP contribution is 2.35. The minimum atomic E-state index is -0.698. The lowest BCUT2D eigenvalue weighted by atomic mass is 10.1. The van der Waals surface area contributed by atoms with E-state index in [0.29, 0.717) is 18.5 Å². The van der Waals surface area contributed by atoms with Crippen molar-refractivity contribution in [2.45, 2.75) is 24.9 Å². The topological polar surface area (TPSA) is 80.9 Å². The molecule has 3 aromatic heterocycles. The molecule has 2 unspecified atom stereocenters. The molecule has 9 heteroatoms. The molecule has 5 heterocycles. The number of carbonyl (C=O) groups excluding carboxylic acids is 1. The molecule has 2 bridgehead atoms. The number of nitrogens with one attached hydrogen (secondary N) is 2. The molecule has 0 radical (unpaired) electrons. The minimum Gasteiger partial charge on any atom is -0.352 e. The molecular weight excluding hydrogens is 390 g/mol. The summed E-state index contributed by atoms with van der Waals surface area (Å²) in [4.78, 5) is 32.1. The predicted octanol–water partition coefficient (Wildman–Crippen LogP) is 3.21. The molecule has 152 valence electrons. The molecule has 30 heavy (non-hydrogen) atoms. The molecule has 2 aliphatic heterocycles. The van der Waals surface area contributed by atoms with Gasteiger partial charge in [0, 0.05) is 30.7 Å². The summed E-state index contributed by atoms with van der Waals surface area (Å²) in [5, 5.41) is 1.32. The van der Waals surface area contributed by atoms with Crippen molar-refractivity contribution in [1.82, 2.24) is 24.8 Å². The van der Waals surface area contributed by atoms with Gasteiger partial charge >= 0.3 is 0 Å². The first-order valence-corrected chi connectivity index (χ1v) is 9.92. The number of piperazine rings is 1. The van der Waals surface area contributed by atoms with Gasteiger partial charge in [0.05, 0.1) is 23.0 Å². The smallest absolute Gasteiger partial charge is 0.270 e. The van der Waals surface area contributed by atoms with Gasteiger partial charge in [-0.15, -0.1) is 0 Å². The van der Waals surface area contributed by atoms with Crippen molar-refractivity contribution < 1.29 is 13.6 Å². The number of halogens is 2. The van der Waals surface area contributed by atoms with Crippen molar-refractivity contribution in [1.29, 1.82) is 0 Å². The van der Waals surface area contributed by atoms with E-state index in [4.69, 9.17) is 0 Å². The van der Waals surface area contributed by atoms with Crippen LogP contribution in [0.15, 0.2) is 36.8 Å². The Hall–Kier alpha value is -3.49. The number of amides is 1. The van der Waals surface area contributed by atoms with E-state index >= 15 is 0 Å². The molecule has 2 atom stereocenters. The summed E-state index contributed by atoms with van der Waals surface area (Å²) >= 11 is 0. The molecule has 2 aliphatic rings. The zero-order chi connectivity index (χ0) is 20.4. The summed E-state index contributed by atoms with van der Waals surface area (Å²) in [5.41, 5.74) is 1.23. The maximum atomic E-state index is 14.1. The highest BCUT2D eigenvalue weighted by molar-refractivity contribution is 5.99. The van der Waals surface area contributed by atoms with E-state index < -0.39 is 11.6 Å². The molecule has 6 rings (SSSR count). The standard InChI is InChI=1S/C21H18F2N6O/c22-12-5-11-6-17(27-18(11)16(23)7-12)21(30)29-13-1-2-14(29)9-28(8-13)20-15-3-4-24-19(15)25-10-26-20/h3-7,10,13-14,27H,1-2,8-9H2,(H,24,25,26). The van der Waals surface area contributed by atoms with Gasteiger partial charge in [0.2, 0.25) is 0 Å². The van der Waals surface area contributed by atoms with Gasteiger partial charge in [0.15, 0.2) is 0 Å². The van der Waals surface area contributed by atoms with Crippen LogP contribution < -0.4 is 4.90 Å². The summed E-state index contributed by atoms with van der Waals surface area (Å²) in [5.74, 6) is -0.662. The molecule has 2 fully saturated rings. The third-order valence-corrected chi connectivity index (χ3v) is 6.22. The van der Waals surface area contributed by atoms with Crippen LogP contribution in [0.5, 0.6) is 0 Å². The Morgan fingerprint density at radius 2 is 1.90 bits per heavy atom. The average molecular weight is 408 g/mol. The van der Waals surface area contributed by atoms with Crippen LogP contribution in [0.3, 0.4) is 0 Å². The Balaban J connectivity index is 1.31. The van der Waals surface area contributed by atoms with Crippen molar-refractivity contribution in [2.24, 2.45) is 0 Å². The van der Waals surface area contributed by atoms with Gasteiger partial charge in [0.25, 0.3) is 5.91 Å². The monoisotopic (exact) mass is 408 g/mol. The Bertz CT molecular complexity index is 1280. The van der Waals surface area contributed by atoms with Crippen molar-refractivity contribution in [3.8, 4) is 0 Å². The summed E-state index contributed by atoms with van der Waals surface area (Å²) in [6.07, 6.45) is 5.19. The van der Waals surface area contributed by atoms with Crippen LogP contribution >= 0.6 is 0 Å². The fraction of sp³-hybridized carbons (Fsp3) is 0.286. The second-order valence-corrected chi connectivity index (χ2v) is 7.97. The van der Waals surface area contributed by atoms with Crippen LogP contribution in [0.4, 0.5) is 14.6 Å². The van der Waals surface area contributed by atoms with E-state index in [-0.39, 0.29) is 29.2 Å². The number of carbonyl (C=O) groups is 1. The molecule has 2 N–H and O–H groups in total. The van der Waals surface area contributed by atoms with Crippen molar-refractivity contribution in [2.75, 3.05) is 18.0 Å². The van der Waals surface area contributed by atoms with Crippen molar-refractivity contribution in [3.63, 3.8) is 0 Å². The minimum absolute atomic E-state index is 0.0354. The largest absolute Gasteiger partial charge is 0.352 e. The van der Waals surface area contributed by atoms with E-state index in [1.54, 1.807) is 6.33 Å². The third-order valence-electron chi connectivity index (χ3n) is 6.22. The van der Waals surface area contributed by atoms with Crippen LogP contribution in [-0.4, -0.2) is 55.9 Å². The summed E-state index contributed by atoms with van der Waals surface area (Å²) in [7, 11) is 0. The molecule has 0 saturated carbocycles. The molecule has 2 saturated heterocycles. The maximum absolute atomic E-state index is 14.1. The van der Waals surface area contributed by atoms with Gasteiger partial charge in [-0.25, -0.2) is 18.7 Å². The molecule has 1 aromatic carbocycles. The number of hydrogen-bond donors (Lipinski definition) is 2. The van der Waals surface area contributed by atoms with Gasteiger partial charge in [-0.05, 0) is 31.0 Å². The Labute approximate surface area is 169 Å². The number of anilines is 1. The number of benzene rings is 1. The molecule has 1 amide bonds. The van der Waals surface area contributed by atoms with Crippen LogP contribution in [0.2, 0.25) is 0 Å². The van der Waals surface area contributed by atoms with E-state index in [1.807, 2.05) is 17.2 Å². The average Bonchev–Trinajstić information content (AvgIpc) is 3.43. The number of hydrogen-bond acceptors (Lipinski definition) is 4. The summed E-state index contributed by atoms with van der Waals surface area (Å²) in [6, 6.07) is 5.61. The van der Waals surface area contributed by atoms with E-state index in [9.17, 15) is 13.6 Å². The molecule has 0 spiro atoms. The van der Waals surface area contributed by atoms with Crippen LogP contribution in [-0.2, 0) is 0 Å².